The van der Waals surface area contributed by atoms with Crippen LogP contribution in [0.2, 0.25) is 0 Å². The normalized spacial score (nSPS) is 15.2. The summed E-state index contributed by atoms with van der Waals surface area (Å²) in [7, 11) is 0. The largest absolute Gasteiger partial charge is 0.297 e. The minimum absolute atomic E-state index is 0.291. The van der Waals surface area contributed by atoms with Gasteiger partial charge in [-0.25, -0.2) is 0 Å². The molecule has 6 heavy (non-hydrogen) atoms. The minimum Gasteiger partial charge on any atom is -0.297 e. The SMILES string of the molecule is CCN=[PH](C)I. The summed E-state index contributed by atoms with van der Waals surface area (Å²) in [6, 6.07) is 0. The van der Waals surface area contributed by atoms with E-state index in [-0.39, 0.29) is 5.36 Å². The molecule has 0 aromatic carbocycles. The monoisotopic (exact) mass is 217 g/mol. The van der Waals surface area contributed by atoms with E-state index in [2.05, 4.69) is 40.4 Å². The van der Waals surface area contributed by atoms with E-state index < -0.39 is 0 Å². The van der Waals surface area contributed by atoms with Crippen molar-refractivity contribution in [2.45, 2.75) is 6.92 Å². The second-order valence-corrected chi connectivity index (χ2v) is 6.97. The molecule has 3 heteroatoms. The van der Waals surface area contributed by atoms with Gasteiger partial charge in [-0.2, -0.15) is 0 Å². The second kappa shape index (κ2) is 4.13. The molecule has 0 bridgehead atoms. The summed E-state index contributed by atoms with van der Waals surface area (Å²) < 4.78 is 4.21. The first kappa shape index (κ1) is 6.96. The maximum atomic E-state index is 4.21. The van der Waals surface area contributed by atoms with Gasteiger partial charge in [-0.05, 0) is 35.6 Å². The molecule has 0 saturated heterocycles. The van der Waals surface area contributed by atoms with Gasteiger partial charge in [0.2, 0.25) is 0 Å². The van der Waals surface area contributed by atoms with Crippen molar-refractivity contribution in [3.05, 3.63) is 0 Å². The molecule has 0 spiro atoms. The van der Waals surface area contributed by atoms with Crippen LogP contribution < -0.4 is 0 Å². The molecule has 0 fully saturated rings. The molecule has 1 unspecified atom stereocenters. The summed E-state index contributed by atoms with van der Waals surface area (Å²) in [5.74, 6) is 0. The van der Waals surface area contributed by atoms with E-state index >= 15 is 0 Å². The van der Waals surface area contributed by atoms with E-state index in [1.807, 2.05) is 0 Å². The Morgan fingerprint density at radius 3 is 2.33 bits per heavy atom. The molecule has 0 aromatic heterocycles. The molecule has 1 nitrogen and oxygen atoms in total. The molecular weight excluding hydrogens is 208 g/mol. The van der Waals surface area contributed by atoms with Crippen LogP contribution in [0, 0.1) is 0 Å². The maximum Gasteiger partial charge on any atom is 0.0351 e. The summed E-state index contributed by atoms with van der Waals surface area (Å²) in [5, 5.41) is -0.291. The minimum atomic E-state index is -0.291. The third kappa shape index (κ3) is 4.96. The third-order valence-corrected chi connectivity index (χ3v) is 2.15. The molecule has 0 N–H and O–H groups in total. The van der Waals surface area contributed by atoms with Gasteiger partial charge < -0.3 is 0 Å². The van der Waals surface area contributed by atoms with Crippen LogP contribution in [0.3, 0.4) is 0 Å². The molecule has 0 aromatic rings. The first-order chi connectivity index (χ1) is 2.77. The fourth-order valence-corrected chi connectivity index (χ4v) is 1.68. The highest BCUT2D eigenvalue weighted by Crippen LogP contribution is 2.29. The molecule has 0 aliphatic rings. The third-order valence-electron chi connectivity index (χ3n) is 0.376. The van der Waals surface area contributed by atoms with Crippen molar-refractivity contribution in [3.8, 4) is 0 Å². The zero-order valence-electron chi connectivity index (χ0n) is 4.03. The molecule has 0 radical (unpaired) electrons. The van der Waals surface area contributed by atoms with E-state index in [1.54, 1.807) is 0 Å². The van der Waals surface area contributed by atoms with Gasteiger partial charge in [0.05, 0.1) is 0 Å². The number of nitrogens with zero attached hydrogens (tertiary/aromatic N) is 1. The smallest absolute Gasteiger partial charge is 0.0351 e. The van der Waals surface area contributed by atoms with Gasteiger partial charge in [0.1, 0.15) is 0 Å². The summed E-state index contributed by atoms with van der Waals surface area (Å²) >= 11 is 2.38. The van der Waals surface area contributed by atoms with Crippen LogP contribution in [0.25, 0.3) is 0 Å². The predicted molar refractivity (Wildman–Crippen MR) is 41.2 cm³/mol. The molecule has 0 aliphatic carbocycles. The lowest BCUT2D eigenvalue weighted by Crippen LogP contribution is -1.55. The van der Waals surface area contributed by atoms with Crippen LogP contribution in [0.5, 0.6) is 0 Å². The van der Waals surface area contributed by atoms with E-state index in [4.69, 9.17) is 0 Å². The van der Waals surface area contributed by atoms with Crippen LogP contribution in [0.1, 0.15) is 6.92 Å². The Labute approximate surface area is 52.5 Å². The quantitative estimate of drug-likeness (QED) is 0.472. The van der Waals surface area contributed by atoms with Crippen molar-refractivity contribution >= 4 is 27.4 Å². The standard InChI is InChI=1S/C3H9INP/c1-3-5-6(2)4/h6H,3H2,1-2H3. The topological polar surface area (TPSA) is 12.4 Å². The van der Waals surface area contributed by atoms with Crippen molar-refractivity contribution in [1.82, 2.24) is 0 Å². The number of hydrogen-bond donors (Lipinski definition) is 0. The molecule has 0 aliphatic heterocycles. The summed E-state index contributed by atoms with van der Waals surface area (Å²) in [6.07, 6.45) is 0. The van der Waals surface area contributed by atoms with Crippen LogP contribution in [0.4, 0.5) is 0 Å². The van der Waals surface area contributed by atoms with Gasteiger partial charge in [0.15, 0.2) is 0 Å². The van der Waals surface area contributed by atoms with E-state index in [0.29, 0.717) is 0 Å². The first-order valence-corrected chi connectivity index (χ1v) is 7.00. The molecule has 0 amide bonds. The Hall–Kier alpha value is 0.960. The van der Waals surface area contributed by atoms with Crippen molar-refractivity contribution in [3.63, 3.8) is 0 Å². The van der Waals surface area contributed by atoms with Crippen LogP contribution in [-0.2, 0) is 0 Å². The Morgan fingerprint density at radius 1 is 1.83 bits per heavy atom. The van der Waals surface area contributed by atoms with Gasteiger partial charge in [-0.1, -0.05) is 0 Å². The summed E-state index contributed by atoms with van der Waals surface area (Å²) in [4.78, 5) is 0. The lowest BCUT2D eigenvalue weighted by atomic mass is 10.8. The molecule has 0 rings (SSSR count). The molecule has 38 valence electrons. The predicted octanol–water partition coefficient (Wildman–Crippen LogP) is 2.38. The van der Waals surface area contributed by atoms with E-state index in [1.165, 1.54) is 0 Å². The average molecular weight is 217 g/mol. The fraction of sp³-hybridized carbons (Fsp3) is 1.00. The summed E-state index contributed by atoms with van der Waals surface area (Å²) in [6.45, 7) is 5.25. The van der Waals surface area contributed by atoms with Crippen molar-refractivity contribution in [2.75, 3.05) is 13.2 Å². The maximum absolute atomic E-state index is 4.21. The molecular formula is C3H9INP. The summed E-state index contributed by atoms with van der Waals surface area (Å²) in [5.41, 5.74) is 0. The zero-order chi connectivity index (χ0) is 4.99. The lowest BCUT2D eigenvalue weighted by Gasteiger charge is -1.80. The first-order valence-electron chi connectivity index (χ1n) is 1.94. The highest BCUT2D eigenvalue weighted by molar-refractivity contribution is 14.2. The molecule has 0 saturated carbocycles. The van der Waals surface area contributed by atoms with Crippen LogP contribution in [0.15, 0.2) is 4.74 Å². The Bertz CT molecular complexity index is 57.8. The lowest BCUT2D eigenvalue weighted by molar-refractivity contribution is 1.16. The van der Waals surface area contributed by atoms with Gasteiger partial charge in [-0.15, -0.1) is 0 Å². The Morgan fingerprint density at radius 2 is 2.33 bits per heavy atom. The van der Waals surface area contributed by atoms with Crippen LogP contribution in [-0.4, -0.2) is 13.2 Å². The second-order valence-electron chi connectivity index (χ2n) is 0.971. The van der Waals surface area contributed by atoms with Gasteiger partial charge in [0.25, 0.3) is 0 Å². The number of rotatable bonds is 1. The number of hydrogen-bond acceptors (Lipinski definition) is 1. The van der Waals surface area contributed by atoms with Crippen molar-refractivity contribution in [1.29, 1.82) is 0 Å². The van der Waals surface area contributed by atoms with Crippen LogP contribution >= 0.6 is 27.4 Å². The Kier molecular flexibility index (Phi) is 4.79. The van der Waals surface area contributed by atoms with Gasteiger partial charge in [-0.3, -0.25) is 4.74 Å². The Balaban J connectivity index is 3.14. The molecule has 0 heterocycles. The van der Waals surface area contributed by atoms with Gasteiger partial charge in [0, 0.05) is 11.9 Å². The van der Waals surface area contributed by atoms with E-state index in [0.717, 1.165) is 6.54 Å². The fourth-order valence-electron chi connectivity index (χ4n) is 0.218. The zero-order valence-corrected chi connectivity index (χ0v) is 7.19. The van der Waals surface area contributed by atoms with Crippen molar-refractivity contribution in [2.24, 2.45) is 4.74 Å². The highest BCUT2D eigenvalue weighted by Gasteiger charge is 1.68. The van der Waals surface area contributed by atoms with Gasteiger partial charge >= 0.3 is 0 Å². The average Bonchev–Trinajstić information content (AvgIpc) is 1.35. The highest BCUT2D eigenvalue weighted by atomic mass is 127. The number of halogens is 1. The van der Waals surface area contributed by atoms with E-state index in [9.17, 15) is 0 Å². The molecule has 1 atom stereocenters. The van der Waals surface area contributed by atoms with Crippen molar-refractivity contribution < 1.29 is 0 Å².